The van der Waals surface area contributed by atoms with Crippen LogP contribution in [-0.4, -0.2) is 38.2 Å². The smallest absolute Gasteiger partial charge is 0.338 e. The minimum absolute atomic E-state index is 0.267. The van der Waals surface area contributed by atoms with Crippen molar-refractivity contribution in [3.05, 3.63) is 46.2 Å². The topological polar surface area (TPSA) is 71.9 Å². The van der Waals surface area contributed by atoms with Gasteiger partial charge in [-0.3, -0.25) is 0 Å². The fourth-order valence-corrected chi connectivity index (χ4v) is 4.83. The number of carbonyl (C=O) groups excluding carboxylic acids is 2. The molecule has 1 aromatic carbocycles. The molecule has 0 spiro atoms. The molecule has 29 heavy (non-hydrogen) atoms. The lowest BCUT2D eigenvalue weighted by atomic mass is 9.89. The molecular weight excluding hydrogens is 366 g/mol. The second-order valence-electron chi connectivity index (χ2n) is 8.79. The van der Waals surface area contributed by atoms with Crippen molar-refractivity contribution in [3.63, 3.8) is 0 Å². The summed E-state index contributed by atoms with van der Waals surface area (Å²) in [7, 11) is 0. The van der Waals surface area contributed by atoms with Crippen LogP contribution in [0.1, 0.15) is 49.9 Å². The maximum atomic E-state index is 13.0. The van der Waals surface area contributed by atoms with Gasteiger partial charge < -0.3 is 20.3 Å². The molecule has 2 aliphatic rings. The van der Waals surface area contributed by atoms with E-state index in [0.717, 1.165) is 29.8 Å². The van der Waals surface area contributed by atoms with Crippen molar-refractivity contribution < 1.29 is 19.2 Å². The van der Waals surface area contributed by atoms with Crippen LogP contribution in [0.25, 0.3) is 0 Å². The predicted molar refractivity (Wildman–Crippen MR) is 112 cm³/mol. The number of piperidine rings is 1. The fourth-order valence-electron chi connectivity index (χ4n) is 4.83. The average molecular weight is 401 g/mol. The minimum Gasteiger partial charge on any atom is -0.463 e. The first-order valence-corrected chi connectivity index (χ1v) is 10.7. The van der Waals surface area contributed by atoms with Gasteiger partial charge in [-0.25, -0.2) is 9.59 Å². The molecule has 1 saturated heterocycles. The molecular formula is C23H34N3O3+. The van der Waals surface area contributed by atoms with Gasteiger partial charge in [0.1, 0.15) is 6.54 Å². The normalized spacial score (nSPS) is 27.3. The number of benzene rings is 1. The van der Waals surface area contributed by atoms with E-state index in [2.05, 4.69) is 24.5 Å². The highest BCUT2D eigenvalue weighted by Crippen LogP contribution is 2.30. The van der Waals surface area contributed by atoms with E-state index in [4.69, 9.17) is 4.74 Å². The van der Waals surface area contributed by atoms with Gasteiger partial charge in [0.15, 0.2) is 0 Å². The maximum absolute atomic E-state index is 13.0. The van der Waals surface area contributed by atoms with Crippen molar-refractivity contribution >= 4 is 12.0 Å². The van der Waals surface area contributed by atoms with Gasteiger partial charge in [0.2, 0.25) is 0 Å². The number of quaternary nitrogens is 1. The number of hydrogen-bond acceptors (Lipinski definition) is 3. The molecule has 3 atom stereocenters. The van der Waals surface area contributed by atoms with Gasteiger partial charge in [0, 0.05) is 11.8 Å². The summed E-state index contributed by atoms with van der Waals surface area (Å²) < 4.78 is 5.40. The van der Waals surface area contributed by atoms with Gasteiger partial charge in [-0.2, -0.15) is 0 Å². The molecule has 2 amide bonds. The second-order valence-corrected chi connectivity index (χ2v) is 8.79. The molecule has 0 aromatic heterocycles. The number of nitrogens with one attached hydrogen (secondary N) is 3. The first-order valence-electron chi connectivity index (χ1n) is 10.7. The third kappa shape index (κ3) is 4.99. The summed E-state index contributed by atoms with van der Waals surface area (Å²) in [6, 6.07) is 5.34. The molecule has 6 heteroatoms. The van der Waals surface area contributed by atoms with Crippen LogP contribution >= 0.6 is 0 Å². The number of carbonyl (C=O) groups is 2. The number of rotatable bonds is 5. The first-order chi connectivity index (χ1) is 13.8. The number of urea groups is 1. The van der Waals surface area contributed by atoms with Crippen molar-refractivity contribution in [1.82, 2.24) is 10.6 Å². The quantitative estimate of drug-likeness (QED) is 0.663. The summed E-state index contributed by atoms with van der Waals surface area (Å²) in [5, 5.41) is 5.88. The number of esters is 1. The maximum Gasteiger partial charge on any atom is 0.338 e. The molecule has 0 aliphatic carbocycles. The van der Waals surface area contributed by atoms with Crippen LogP contribution < -0.4 is 15.5 Å². The Morgan fingerprint density at radius 1 is 1.21 bits per heavy atom. The van der Waals surface area contributed by atoms with Gasteiger partial charge in [-0.1, -0.05) is 37.6 Å². The average Bonchev–Trinajstić information content (AvgIpc) is 2.62. The van der Waals surface area contributed by atoms with Crippen LogP contribution in [0, 0.1) is 25.7 Å². The highest BCUT2D eigenvalue weighted by Gasteiger charge is 2.37. The summed E-state index contributed by atoms with van der Waals surface area (Å²) in [4.78, 5) is 26.9. The van der Waals surface area contributed by atoms with Gasteiger partial charge >= 0.3 is 12.0 Å². The molecule has 2 aliphatic heterocycles. The Kier molecular flexibility index (Phi) is 6.63. The van der Waals surface area contributed by atoms with Crippen LogP contribution in [0.5, 0.6) is 0 Å². The first kappa shape index (κ1) is 21.4. The SMILES string of the molecule is CCOC(=O)C1=C(C[NH+]2C[C@@H](C)C[C@H](C)C2)NC(=O)N[C@@H]1c1cc(C)ccc1C. The van der Waals surface area contributed by atoms with Crippen molar-refractivity contribution in [2.24, 2.45) is 11.8 Å². The second kappa shape index (κ2) is 8.99. The summed E-state index contributed by atoms with van der Waals surface area (Å²) in [6.07, 6.45) is 1.23. The Hall–Kier alpha value is -2.34. The molecule has 0 saturated carbocycles. The molecule has 0 unspecified atom stereocenters. The standard InChI is InChI=1S/C23H33N3O3/c1-6-29-22(27)20-19(13-26-11-15(3)9-16(4)12-26)24-23(28)25-21(20)18-10-14(2)7-8-17(18)5/h7-8,10,15-16,21H,6,9,11-13H2,1-5H3,(H2,24,25,28)/p+1/t15-,16-,21+/m0/s1. The molecule has 158 valence electrons. The summed E-state index contributed by atoms with van der Waals surface area (Å²) in [6.45, 7) is 13.4. The zero-order valence-corrected chi connectivity index (χ0v) is 18.2. The van der Waals surface area contributed by atoms with E-state index in [0.29, 0.717) is 36.3 Å². The third-order valence-corrected chi connectivity index (χ3v) is 5.90. The van der Waals surface area contributed by atoms with E-state index in [-0.39, 0.29) is 12.0 Å². The summed E-state index contributed by atoms with van der Waals surface area (Å²) in [5.41, 5.74) is 4.28. The van der Waals surface area contributed by atoms with Gasteiger partial charge in [0.25, 0.3) is 0 Å². The van der Waals surface area contributed by atoms with Crippen LogP contribution in [0.15, 0.2) is 29.5 Å². The van der Waals surface area contributed by atoms with Crippen molar-refractivity contribution in [2.75, 3.05) is 26.2 Å². The third-order valence-electron chi connectivity index (χ3n) is 5.90. The lowest BCUT2D eigenvalue weighted by molar-refractivity contribution is -0.907. The summed E-state index contributed by atoms with van der Waals surface area (Å²) >= 11 is 0. The molecule has 6 nitrogen and oxygen atoms in total. The molecule has 1 fully saturated rings. The number of hydrogen-bond donors (Lipinski definition) is 3. The van der Waals surface area contributed by atoms with Crippen LogP contribution in [-0.2, 0) is 9.53 Å². The number of amides is 2. The van der Waals surface area contributed by atoms with Crippen LogP contribution in [0.2, 0.25) is 0 Å². The minimum atomic E-state index is -0.503. The highest BCUT2D eigenvalue weighted by molar-refractivity contribution is 5.95. The Morgan fingerprint density at radius 3 is 2.55 bits per heavy atom. The molecule has 2 heterocycles. The molecule has 1 aromatic rings. The lowest BCUT2D eigenvalue weighted by Crippen LogP contribution is -3.14. The van der Waals surface area contributed by atoms with Crippen molar-refractivity contribution in [2.45, 2.75) is 47.1 Å². The monoisotopic (exact) mass is 400 g/mol. The lowest BCUT2D eigenvalue weighted by Gasteiger charge is -2.35. The Labute approximate surface area is 173 Å². The van der Waals surface area contributed by atoms with Gasteiger partial charge in [-0.15, -0.1) is 0 Å². The van der Waals surface area contributed by atoms with Crippen LogP contribution in [0.4, 0.5) is 4.79 Å². The largest absolute Gasteiger partial charge is 0.463 e. The van der Waals surface area contributed by atoms with E-state index in [1.807, 2.05) is 32.0 Å². The van der Waals surface area contributed by atoms with Crippen LogP contribution in [0.3, 0.4) is 0 Å². The van der Waals surface area contributed by atoms with Crippen molar-refractivity contribution in [1.29, 1.82) is 0 Å². The molecule has 3 N–H and O–H groups in total. The van der Waals surface area contributed by atoms with E-state index >= 15 is 0 Å². The number of likely N-dealkylation sites (tertiary alicyclic amines) is 1. The Bertz CT molecular complexity index is 808. The van der Waals surface area contributed by atoms with E-state index in [1.54, 1.807) is 6.92 Å². The van der Waals surface area contributed by atoms with E-state index in [9.17, 15) is 9.59 Å². The molecule has 0 radical (unpaired) electrons. The molecule has 3 rings (SSSR count). The highest BCUT2D eigenvalue weighted by atomic mass is 16.5. The molecule has 0 bridgehead atoms. The van der Waals surface area contributed by atoms with Gasteiger partial charge in [-0.05, 0) is 38.3 Å². The zero-order chi connectivity index (χ0) is 21.1. The fraction of sp³-hybridized carbons (Fsp3) is 0.565. The zero-order valence-electron chi connectivity index (χ0n) is 18.2. The number of aryl methyl sites for hydroxylation is 2. The van der Waals surface area contributed by atoms with E-state index in [1.165, 1.54) is 11.3 Å². The van der Waals surface area contributed by atoms with E-state index < -0.39 is 6.04 Å². The van der Waals surface area contributed by atoms with Crippen molar-refractivity contribution in [3.8, 4) is 0 Å². The Morgan fingerprint density at radius 2 is 1.90 bits per heavy atom. The van der Waals surface area contributed by atoms with Gasteiger partial charge in [0.05, 0.1) is 37.0 Å². The summed E-state index contributed by atoms with van der Waals surface area (Å²) in [5.74, 6) is 0.902. The Balaban J connectivity index is 2.02. The predicted octanol–water partition coefficient (Wildman–Crippen LogP) is 2.04. The number of ether oxygens (including phenoxy) is 1.